The van der Waals surface area contributed by atoms with E-state index in [2.05, 4.69) is 15.6 Å². The Morgan fingerprint density at radius 3 is 2.62 bits per heavy atom. The molecule has 5 rings (SSSR count). The Morgan fingerprint density at radius 2 is 1.87 bits per heavy atom. The van der Waals surface area contributed by atoms with E-state index in [0.717, 1.165) is 43.1 Å². The highest BCUT2D eigenvalue weighted by Gasteiger charge is 2.29. The van der Waals surface area contributed by atoms with Crippen LogP contribution in [0.5, 0.6) is 0 Å². The highest BCUT2D eigenvalue weighted by atomic mass is 19.1. The van der Waals surface area contributed by atoms with Crippen LogP contribution in [0.1, 0.15) is 53.2 Å². The number of para-hydroxylation sites is 1. The summed E-state index contributed by atoms with van der Waals surface area (Å²) in [6.07, 6.45) is 4.99. The molecule has 10 nitrogen and oxygen atoms in total. The van der Waals surface area contributed by atoms with Gasteiger partial charge in [-0.15, -0.1) is 0 Å². The van der Waals surface area contributed by atoms with Crippen molar-refractivity contribution in [3.63, 3.8) is 0 Å². The summed E-state index contributed by atoms with van der Waals surface area (Å²) >= 11 is 0. The van der Waals surface area contributed by atoms with Gasteiger partial charge in [-0.1, -0.05) is 18.2 Å². The number of hydrogen-bond donors (Lipinski definition) is 3. The number of fused-ring (bicyclic) bond motifs is 1. The zero-order chi connectivity index (χ0) is 27.4. The molecular weight excluding hydrogens is 507 g/mol. The molecule has 1 aromatic heterocycles. The molecule has 0 radical (unpaired) electrons. The molecule has 1 aliphatic carbocycles. The first kappa shape index (κ1) is 26.2. The first-order valence-corrected chi connectivity index (χ1v) is 12.9. The maximum atomic E-state index is 13.8. The molecule has 0 atom stereocenters. The number of carboxylic acids is 1. The molecule has 2 aromatic carbocycles. The highest BCUT2D eigenvalue weighted by Crippen LogP contribution is 2.30. The van der Waals surface area contributed by atoms with E-state index >= 15 is 0 Å². The third-order valence-corrected chi connectivity index (χ3v) is 7.15. The topological polar surface area (TPSA) is 134 Å². The fourth-order valence-electron chi connectivity index (χ4n) is 5.05. The number of aromatic carboxylic acids is 1. The first-order valence-electron chi connectivity index (χ1n) is 12.9. The second-order valence-corrected chi connectivity index (χ2v) is 9.88. The number of carbonyl (C=O) groups excluding carboxylic acids is 2. The minimum Gasteiger partial charge on any atom is -0.476 e. The summed E-state index contributed by atoms with van der Waals surface area (Å²) in [6, 6.07) is 10.9. The zero-order valence-electron chi connectivity index (χ0n) is 21.2. The van der Waals surface area contributed by atoms with Crippen molar-refractivity contribution in [2.24, 2.45) is 5.92 Å². The van der Waals surface area contributed by atoms with Gasteiger partial charge in [-0.25, -0.2) is 23.8 Å². The van der Waals surface area contributed by atoms with E-state index in [1.165, 1.54) is 12.1 Å². The Labute approximate surface area is 224 Å². The van der Waals surface area contributed by atoms with Crippen molar-refractivity contribution >= 4 is 29.5 Å². The van der Waals surface area contributed by atoms with Gasteiger partial charge < -0.3 is 29.8 Å². The predicted molar refractivity (Wildman–Crippen MR) is 139 cm³/mol. The van der Waals surface area contributed by atoms with E-state index < -0.39 is 17.8 Å². The van der Waals surface area contributed by atoms with Crippen molar-refractivity contribution < 1.29 is 33.0 Å². The second kappa shape index (κ2) is 11.5. The average molecular weight is 537 g/mol. The standard InChI is InChI=1S/C28H29FN4O6/c29-22-3-1-2-4-23(22)32-27(36)30-20-8-7-19-15-33(12-11-18(19)14-20)28(37)39-21-9-5-17(6-10-21)13-25-31-24(16-38-25)26(34)35/h1-4,7-8,14,16-17,21H,5-6,9-13,15H2,(H,34,35)(H2,30,32,36). The van der Waals surface area contributed by atoms with Crippen LogP contribution in [0, 0.1) is 11.7 Å². The van der Waals surface area contributed by atoms with Crippen LogP contribution in [-0.4, -0.2) is 45.7 Å². The quantitative estimate of drug-likeness (QED) is 0.381. The first-order chi connectivity index (χ1) is 18.8. The number of nitrogens with zero attached hydrogens (tertiary/aromatic N) is 2. The van der Waals surface area contributed by atoms with Crippen LogP contribution >= 0.6 is 0 Å². The Kier molecular flexibility index (Phi) is 7.76. The number of hydrogen-bond acceptors (Lipinski definition) is 6. The van der Waals surface area contributed by atoms with E-state index in [0.29, 0.717) is 43.4 Å². The summed E-state index contributed by atoms with van der Waals surface area (Å²) in [7, 11) is 0. The molecule has 39 heavy (non-hydrogen) atoms. The molecule has 204 valence electrons. The number of oxazole rings is 1. The zero-order valence-corrected chi connectivity index (χ0v) is 21.2. The van der Waals surface area contributed by atoms with E-state index in [-0.39, 0.29) is 23.6 Å². The summed E-state index contributed by atoms with van der Waals surface area (Å²) < 4.78 is 24.8. The number of amides is 3. The summed E-state index contributed by atoms with van der Waals surface area (Å²) in [5, 5.41) is 14.2. The van der Waals surface area contributed by atoms with Crippen molar-refractivity contribution in [1.82, 2.24) is 9.88 Å². The number of ether oxygens (including phenoxy) is 1. The van der Waals surface area contributed by atoms with E-state index in [1.54, 1.807) is 23.1 Å². The number of carboxylic acid groups (broad SMARTS) is 1. The Balaban J connectivity index is 1.08. The van der Waals surface area contributed by atoms with Crippen molar-refractivity contribution in [2.45, 2.75) is 51.2 Å². The van der Waals surface area contributed by atoms with Crippen LogP contribution in [-0.2, 0) is 24.1 Å². The molecule has 3 aromatic rings. The smallest absolute Gasteiger partial charge is 0.410 e. The van der Waals surface area contributed by atoms with Crippen LogP contribution in [0.25, 0.3) is 0 Å². The summed E-state index contributed by atoms with van der Waals surface area (Å²) in [6.45, 7) is 0.920. The highest BCUT2D eigenvalue weighted by molar-refractivity contribution is 5.99. The number of urea groups is 1. The lowest BCUT2D eigenvalue weighted by Crippen LogP contribution is -2.39. The van der Waals surface area contributed by atoms with Gasteiger partial charge in [-0.2, -0.15) is 0 Å². The molecule has 1 saturated carbocycles. The number of aromatic nitrogens is 1. The molecular formula is C28H29FN4O6. The third-order valence-electron chi connectivity index (χ3n) is 7.15. The molecule has 0 spiro atoms. The Hall–Kier alpha value is -4.41. The molecule has 2 aliphatic rings. The maximum absolute atomic E-state index is 13.8. The van der Waals surface area contributed by atoms with Crippen molar-refractivity contribution in [3.05, 3.63) is 77.3 Å². The number of halogens is 1. The monoisotopic (exact) mass is 536 g/mol. The Bertz CT molecular complexity index is 1370. The largest absolute Gasteiger partial charge is 0.476 e. The number of rotatable bonds is 6. The summed E-state index contributed by atoms with van der Waals surface area (Å²) in [5.41, 5.74) is 2.60. The summed E-state index contributed by atoms with van der Waals surface area (Å²) in [4.78, 5) is 41.8. The molecule has 0 saturated heterocycles. The maximum Gasteiger partial charge on any atom is 0.410 e. The molecule has 3 amide bonds. The van der Waals surface area contributed by atoms with Gasteiger partial charge in [0, 0.05) is 25.2 Å². The Morgan fingerprint density at radius 1 is 1.08 bits per heavy atom. The lowest BCUT2D eigenvalue weighted by molar-refractivity contribution is 0.0346. The number of nitrogens with one attached hydrogen (secondary N) is 2. The normalized spacial score (nSPS) is 18.6. The van der Waals surface area contributed by atoms with Gasteiger partial charge in [-0.05, 0) is 73.4 Å². The van der Waals surface area contributed by atoms with E-state index in [9.17, 15) is 18.8 Å². The van der Waals surface area contributed by atoms with Gasteiger partial charge in [0.25, 0.3) is 0 Å². The minimum atomic E-state index is -1.11. The van der Waals surface area contributed by atoms with Crippen LogP contribution < -0.4 is 10.6 Å². The molecule has 11 heteroatoms. The minimum absolute atomic E-state index is 0.0894. The van der Waals surface area contributed by atoms with E-state index in [1.807, 2.05) is 12.1 Å². The molecule has 3 N–H and O–H groups in total. The molecule has 2 heterocycles. The average Bonchev–Trinajstić information content (AvgIpc) is 3.40. The third kappa shape index (κ3) is 6.54. The van der Waals surface area contributed by atoms with E-state index in [4.69, 9.17) is 14.3 Å². The number of anilines is 2. The summed E-state index contributed by atoms with van der Waals surface area (Å²) in [5.74, 6) is -0.898. The molecule has 1 aliphatic heterocycles. The van der Waals surface area contributed by atoms with Gasteiger partial charge in [-0.3, -0.25) is 0 Å². The predicted octanol–water partition coefficient (Wildman–Crippen LogP) is 5.45. The lowest BCUT2D eigenvalue weighted by atomic mass is 9.85. The number of carbonyl (C=O) groups is 3. The van der Waals surface area contributed by atoms with Gasteiger partial charge in [0.2, 0.25) is 0 Å². The molecule has 0 unspecified atom stereocenters. The van der Waals surface area contributed by atoms with Gasteiger partial charge in [0.15, 0.2) is 11.6 Å². The van der Waals surface area contributed by atoms with Crippen molar-refractivity contribution in [2.75, 3.05) is 17.2 Å². The fourth-order valence-corrected chi connectivity index (χ4v) is 5.05. The SMILES string of the molecule is O=C(Nc1ccc2c(c1)CCN(C(=O)OC1CCC(Cc3nc(C(=O)O)co3)CC1)C2)Nc1ccccc1F. The molecule has 0 bridgehead atoms. The molecule has 1 fully saturated rings. The van der Waals surface area contributed by atoms with Crippen molar-refractivity contribution in [3.8, 4) is 0 Å². The van der Waals surface area contributed by atoms with Gasteiger partial charge in [0.05, 0.1) is 5.69 Å². The van der Waals surface area contributed by atoms with Crippen LogP contribution in [0.4, 0.5) is 25.4 Å². The number of benzene rings is 2. The van der Waals surface area contributed by atoms with Gasteiger partial charge in [0.1, 0.15) is 18.2 Å². The lowest BCUT2D eigenvalue weighted by Gasteiger charge is -2.32. The van der Waals surface area contributed by atoms with Crippen LogP contribution in [0.15, 0.2) is 53.1 Å². The second-order valence-electron chi connectivity index (χ2n) is 9.88. The fraction of sp³-hybridized carbons (Fsp3) is 0.357. The van der Waals surface area contributed by atoms with Crippen LogP contribution in [0.3, 0.4) is 0 Å². The van der Waals surface area contributed by atoms with Gasteiger partial charge >= 0.3 is 18.1 Å². The van der Waals surface area contributed by atoms with Crippen LogP contribution in [0.2, 0.25) is 0 Å². The van der Waals surface area contributed by atoms with Crippen molar-refractivity contribution in [1.29, 1.82) is 0 Å².